The van der Waals surface area contributed by atoms with Crippen LogP contribution in [0, 0.1) is 0 Å². The molecule has 2 aromatic rings. The first-order valence-corrected chi connectivity index (χ1v) is 8.60. The lowest BCUT2D eigenvalue weighted by atomic mass is 10.1. The van der Waals surface area contributed by atoms with E-state index in [1.54, 1.807) is 11.3 Å². The fourth-order valence-electron chi connectivity index (χ4n) is 1.59. The van der Waals surface area contributed by atoms with Gasteiger partial charge in [0.2, 0.25) is 0 Å². The van der Waals surface area contributed by atoms with Gasteiger partial charge in [0.1, 0.15) is 0 Å². The molecular formula is C12H13Br2NS2. The van der Waals surface area contributed by atoms with E-state index >= 15 is 0 Å². The molecule has 0 radical (unpaired) electrons. The summed E-state index contributed by atoms with van der Waals surface area (Å²) in [6.07, 6.45) is 2.03. The number of rotatable bonds is 4. The first-order chi connectivity index (χ1) is 8.10. The standard InChI is InChI=1S/C12H13Br2NS2/c1-2-7-3-4-8(16-7)5-10(15)11-6-9(13)12(14)17-11/h3-4,6,10H,2,5,15H2,1H3. The highest BCUT2D eigenvalue weighted by atomic mass is 79.9. The van der Waals surface area contributed by atoms with Crippen molar-refractivity contribution in [2.75, 3.05) is 0 Å². The topological polar surface area (TPSA) is 26.0 Å². The van der Waals surface area contributed by atoms with Crippen LogP contribution in [-0.4, -0.2) is 0 Å². The van der Waals surface area contributed by atoms with Gasteiger partial charge in [0.05, 0.1) is 3.79 Å². The molecule has 0 fully saturated rings. The third-order valence-electron chi connectivity index (χ3n) is 2.52. The van der Waals surface area contributed by atoms with E-state index in [2.05, 4.69) is 57.0 Å². The average molecular weight is 395 g/mol. The smallest absolute Gasteiger partial charge is 0.0843 e. The highest BCUT2D eigenvalue weighted by Crippen LogP contribution is 2.36. The van der Waals surface area contributed by atoms with Gasteiger partial charge in [-0.2, -0.15) is 0 Å². The molecule has 0 aliphatic carbocycles. The van der Waals surface area contributed by atoms with E-state index in [1.165, 1.54) is 14.6 Å². The van der Waals surface area contributed by atoms with Gasteiger partial charge in [0.25, 0.3) is 0 Å². The predicted octanol–water partition coefficient (Wildman–Crippen LogP) is 5.14. The van der Waals surface area contributed by atoms with E-state index in [0.717, 1.165) is 21.1 Å². The lowest BCUT2D eigenvalue weighted by Gasteiger charge is -2.07. The number of hydrogen-bond acceptors (Lipinski definition) is 3. The summed E-state index contributed by atoms with van der Waals surface area (Å²) >= 11 is 10.6. The van der Waals surface area contributed by atoms with Gasteiger partial charge < -0.3 is 5.73 Å². The number of nitrogens with two attached hydrogens (primary N) is 1. The van der Waals surface area contributed by atoms with Crippen LogP contribution in [0.2, 0.25) is 0 Å². The normalized spacial score (nSPS) is 12.9. The molecule has 1 atom stereocenters. The minimum atomic E-state index is 0.0888. The second kappa shape index (κ2) is 5.97. The third-order valence-corrected chi connectivity index (χ3v) is 7.16. The quantitative estimate of drug-likeness (QED) is 0.763. The second-order valence-corrected chi connectivity index (χ2v) is 8.31. The zero-order valence-corrected chi connectivity index (χ0v) is 14.2. The van der Waals surface area contributed by atoms with Crippen LogP contribution in [0.5, 0.6) is 0 Å². The minimum absolute atomic E-state index is 0.0888. The zero-order chi connectivity index (χ0) is 12.4. The molecular weight excluding hydrogens is 382 g/mol. The van der Waals surface area contributed by atoms with E-state index in [4.69, 9.17) is 5.73 Å². The fraction of sp³-hybridized carbons (Fsp3) is 0.333. The van der Waals surface area contributed by atoms with Gasteiger partial charge in [-0.3, -0.25) is 0 Å². The lowest BCUT2D eigenvalue weighted by molar-refractivity contribution is 0.745. The molecule has 0 amide bonds. The predicted molar refractivity (Wildman–Crippen MR) is 84.0 cm³/mol. The molecule has 5 heteroatoms. The summed E-state index contributed by atoms with van der Waals surface area (Å²) < 4.78 is 2.21. The Morgan fingerprint density at radius 3 is 2.47 bits per heavy atom. The number of halogens is 2. The van der Waals surface area contributed by atoms with Gasteiger partial charge >= 0.3 is 0 Å². The Labute approximate surface area is 126 Å². The Morgan fingerprint density at radius 2 is 1.94 bits per heavy atom. The second-order valence-electron chi connectivity index (χ2n) is 3.80. The molecule has 0 bridgehead atoms. The van der Waals surface area contributed by atoms with Crippen molar-refractivity contribution in [1.82, 2.24) is 0 Å². The van der Waals surface area contributed by atoms with Crippen LogP contribution in [0.1, 0.15) is 27.6 Å². The largest absolute Gasteiger partial charge is 0.323 e. The summed E-state index contributed by atoms with van der Waals surface area (Å²) in [6.45, 7) is 2.18. The maximum atomic E-state index is 6.24. The van der Waals surface area contributed by atoms with Gasteiger partial charge in [0.15, 0.2) is 0 Å². The van der Waals surface area contributed by atoms with Crippen LogP contribution in [-0.2, 0) is 12.8 Å². The van der Waals surface area contributed by atoms with Crippen molar-refractivity contribution in [1.29, 1.82) is 0 Å². The van der Waals surface area contributed by atoms with Gasteiger partial charge in [-0.05, 0) is 56.5 Å². The van der Waals surface area contributed by atoms with Crippen molar-refractivity contribution in [3.8, 4) is 0 Å². The van der Waals surface area contributed by atoms with E-state index in [1.807, 2.05) is 11.3 Å². The summed E-state index contributed by atoms with van der Waals surface area (Å²) in [5, 5.41) is 0. The molecule has 0 aromatic carbocycles. The van der Waals surface area contributed by atoms with Crippen LogP contribution in [0.4, 0.5) is 0 Å². The molecule has 0 aliphatic rings. The van der Waals surface area contributed by atoms with Crippen LogP contribution in [0.25, 0.3) is 0 Å². The van der Waals surface area contributed by atoms with Gasteiger partial charge in [0, 0.05) is 31.6 Å². The Kier molecular flexibility index (Phi) is 4.83. The Hall–Kier alpha value is 0.320. The van der Waals surface area contributed by atoms with Gasteiger partial charge in [-0.1, -0.05) is 6.92 Å². The summed E-state index contributed by atoms with van der Waals surface area (Å²) in [5.74, 6) is 0. The Bertz CT molecular complexity index is 485. The molecule has 2 aromatic heterocycles. The Morgan fingerprint density at radius 1 is 1.24 bits per heavy atom. The molecule has 1 unspecified atom stereocenters. The molecule has 2 rings (SSSR count). The van der Waals surface area contributed by atoms with Crippen molar-refractivity contribution in [2.24, 2.45) is 5.73 Å². The van der Waals surface area contributed by atoms with Crippen molar-refractivity contribution in [3.63, 3.8) is 0 Å². The first kappa shape index (κ1) is 13.7. The van der Waals surface area contributed by atoms with Crippen LogP contribution < -0.4 is 5.73 Å². The summed E-state index contributed by atoms with van der Waals surface area (Å²) in [4.78, 5) is 4.02. The molecule has 0 aliphatic heterocycles. The lowest BCUT2D eigenvalue weighted by Crippen LogP contribution is -2.10. The SMILES string of the molecule is CCc1ccc(CC(N)c2cc(Br)c(Br)s2)s1. The van der Waals surface area contributed by atoms with Crippen molar-refractivity contribution < 1.29 is 0 Å². The first-order valence-electron chi connectivity index (χ1n) is 5.38. The highest BCUT2D eigenvalue weighted by molar-refractivity contribution is 9.13. The van der Waals surface area contributed by atoms with Crippen molar-refractivity contribution in [2.45, 2.75) is 25.8 Å². The fourth-order valence-corrected chi connectivity index (χ4v) is 4.69. The molecule has 92 valence electrons. The van der Waals surface area contributed by atoms with Gasteiger partial charge in [-0.15, -0.1) is 22.7 Å². The molecule has 17 heavy (non-hydrogen) atoms. The van der Waals surface area contributed by atoms with Crippen LogP contribution in [0.3, 0.4) is 0 Å². The Balaban J connectivity index is 2.08. The van der Waals surface area contributed by atoms with E-state index in [0.29, 0.717) is 0 Å². The van der Waals surface area contributed by atoms with Crippen LogP contribution in [0.15, 0.2) is 26.5 Å². The van der Waals surface area contributed by atoms with Crippen LogP contribution >= 0.6 is 54.5 Å². The van der Waals surface area contributed by atoms with Crippen molar-refractivity contribution >= 4 is 54.5 Å². The monoisotopic (exact) mass is 393 g/mol. The average Bonchev–Trinajstić information content (AvgIpc) is 2.87. The molecule has 2 N–H and O–H groups in total. The molecule has 0 saturated carbocycles. The number of thiophene rings is 2. The third kappa shape index (κ3) is 3.41. The number of hydrogen-bond donors (Lipinski definition) is 1. The maximum Gasteiger partial charge on any atom is 0.0843 e. The molecule has 1 nitrogen and oxygen atoms in total. The van der Waals surface area contributed by atoms with Crippen molar-refractivity contribution in [3.05, 3.63) is 41.1 Å². The van der Waals surface area contributed by atoms with E-state index in [9.17, 15) is 0 Å². The van der Waals surface area contributed by atoms with E-state index < -0.39 is 0 Å². The molecule has 0 saturated heterocycles. The summed E-state index contributed by atoms with van der Waals surface area (Å²) in [6, 6.07) is 6.59. The number of aryl methyl sites for hydroxylation is 1. The summed E-state index contributed by atoms with van der Waals surface area (Å²) in [5.41, 5.74) is 6.24. The molecule has 2 heterocycles. The highest BCUT2D eigenvalue weighted by Gasteiger charge is 2.13. The molecule has 0 spiro atoms. The summed E-state index contributed by atoms with van der Waals surface area (Å²) in [7, 11) is 0. The zero-order valence-electron chi connectivity index (χ0n) is 9.37. The maximum absolute atomic E-state index is 6.24. The minimum Gasteiger partial charge on any atom is -0.323 e. The van der Waals surface area contributed by atoms with Gasteiger partial charge in [-0.25, -0.2) is 0 Å². The van der Waals surface area contributed by atoms with E-state index in [-0.39, 0.29) is 6.04 Å².